The largest absolute Gasteiger partial charge is 0.501 e. The van der Waals surface area contributed by atoms with Crippen molar-refractivity contribution in [3.8, 4) is 16.5 Å². The van der Waals surface area contributed by atoms with Crippen LogP contribution in [0.25, 0.3) is 16.5 Å². The standard InChI is InChI=1S/C17H12ClFN4O2S/c1-22-4-5-23-16(25)14(24)13(21-17(22)23)15-20-8-10(26-15)6-9-2-3-12(19)11(18)7-9/h2-5,7-8,24H,6H2,1H3. The van der Waals surface area contributed by atoms with Crippen LogP contribution < -0.4 is 5.56 Å². The number of imidazole rings is 1. The van der Waals surface area contributed by atoms with E-state index in [0.717, 1.165) is 10.4 Å². The lowest BCUT2D eigenvalue weighted by Crippen LogP contribution is -2.14. The normalized spacial score (nSPS) is 11.3. The lowest BCUT2D eigenvalue weighted by atomic mass is 10.1. The van der Waals surface area contributed by atoms with Gasteiger partial charge in [0.05, 0.1) is 5.02 Å². The van der Waals surface area contributed by atoms with Crippen molar-refractivity contribution < 1.29 is 9.50 Å². The molecule has 4 rings (SSSR count). The maximum atomic E-state index is 13.3. The molecule has 0 bridgehead atoms. The zero-order valence-electron chi connectivity index (χ0n) is 13.5. The van der Waals surface area contributed by atoms with E-state index >= 15 is 0 Å². The van der Waals surface area contributed by atoms with Gasteiger partial charge in [0.15, 0.2) is 5.69 Å². The third-order valence-corrected chi connectivity index (χ3v) is 5.24. The lowest BCUT2D eigenvalue weighted by Gasteiger charge is -2.02. The first-order valence-electron chi connectivity index (χ1n) is 7.59. The Labute approximate surface area is 155 Å². The SMILES string of the molecule is Cn1ccn2c(=O)c(O)c(-c3ncc(Cc4ccc(F)c(Cl)c4)s3)nc12. The number of halogens is 2. The van der Waals surface area contributed by atoms with Crippen molar-refractivity contribution in [1.29, 1.82) is 0 Å². The molecule has 3 aromatic heterocycles. The van der Waals surface area contributed by atoms with Crippen LogP contribution in [0, 0.1) is 5.82 Å². The third kappa shape index (κ3) is 2.77. The second-order valence-electron chi connectivity index (χ2n) is 5.75. The van der Waals surface area contributed by atoms with Gasteiger partial charge in [-0.2, -0.15) is 0 Å². The number of aromatic nitrogens is 4. The molecule has 6 nitrogen and oxygen atoms in total. The summed E-state index contributed by atoms with van der Waals surface area (Å²) in [7, 11) is 1.76. The van der Waals surface area contributed by atoms with E-state index in [2.05, 4.69) is 9.97 Å². The highest BCUT2D eigenvalue weighted by Gasteiger charge is 2.18. The van der Waals surface area contributed by atoms with E-state index in [1.807, 2.05) is 0 Å². The average Bonchev–Trinajstić information content (AvgIpc) is 3.21. The van der Waals surface area contributed by atoms with Gasteiger partial charge in [-0.3, -0.25) is 4.79 Å². The summed E-state index contributed by atoms with van der Waals surface area (Å²) in [6.45, 7) is 0. The van der Waals surface area contributed by atoms with Gasteiger partial charge < -0.3 is 9.67 Å². The quantitative estimate of drug-likeness (QED) is 0.583. The Kier molecular flexibility index (Phi) is 4.01. The zero-order valence-corrected chi connectivity index (χ0v) is 15.1. The molecule has 0 amide bonds. The maximum Gasteiger partial charge on any atom is 0.302 e. The van der Waals surface area contributed by atoms with Gasteiger partial charge in [0.1, 0.15) is 10.8 Å². The number of thiazole rings is 1. The number of hydrogen-bond donors (Lipinski definition) is 1. The lowest BCUT2D eigenvalue weighted by molar-refractivity contribution is 0.464. The Balaban J connectivity index is 1.73. The molecule has 0 atom stereocenters. The number of rotatable bonds is 3. The summed E-state index contributed by atoms with van der Waals surface area (Å²) in [6, 6.07) is 4.53. The highest BCUT2D eigenvalue weighted by atomic mass is 35.5. The summed E-state index contributed by atoms with van der Waals surface area (Å²) in [6.07, 6.45) is 5.37. The first kappa shape index (κ1) is 16.7. The zero-order chi connectivity index (χ0) is 18.4. The highest BCUT2D eigenvalue weighted by molar-refractivity contribution is 7.15. The Morgan fingerprint density at radius 1 is 1.35 bits per heavy atom. The van der Waals surface area contributed by atoms with Crippen molar-refractivity contribution >= 4 is 28.7 Å². The van der Waals surface area contributed by atoms with E-state index in [9.17, 15) is 14.3 Å². The van der Waals surface area contributed by atoms with E-state index in [1.165, 1.54) is 21.8 Å². The van der Waals surface area contributed by atoms with Crippen LogP contribution >= 0.6 is 22.9 Å². The van der Waals surface area contributed by atoms with Crippen LogP contribution in [-0.2, 0) is 13.5 Å². The highest BCUT2D eigenvalue weighted by Crippen LogP contribution is 2.30. The molecule has 1 N–H and O–H groups in total. The molecule has 26 heavy (non-hydrogen) atoms. The number of benzene rings is 1. The Hall–Kier alpha value is -2.71. The molecule has 0 fully saturated rings. The third-order valence-electron chi connectivity index (χ3n) is 3.95. The Bertz CT molecular complexity index is 1200. The fourth-order valence-electron chi connectivity index (χ4n) is 2.63. The topological polar surface area (TPSA) is 72.4 Å². The van der Waals surface area contributed by atoms with Crippen molar-refractivity contribution in [1.82, 2.24) is 18.9 Å². The van der Waals surface area contributed by atoms with E-state index in [1.54, 1.807) is 42.3 Å². The summed E-state index contributed by atoms with van der Waals surface area (Å²) in [4.78, 5) is 21.8. The smallest absolute Gasteiger partial charge is 0.302 e. The summed E-state index contributed by atoms with van der Waals surface area (Å²) in [5.74, 6) is -0.504. The molecular formula is C17H12ClFN4O2S. The predicted octanol–water partition coefficient (Wildman–Crippen LogP) is 3.25. The number of nitrogens with zero attached hydrogens (tertiary/aromatic N) is 4. The van der Waals surface area contributed by atoms with Crippen LogP contribution in [0.2, 0.25) is 5.02 Å². The fourth-order valence-corrected chi connectivity index (χ4v) is 3.77. The monoisotopic (exact) mass is 390 g/mol. The molecule has 0 radical (unpaired) electrons. The van der Waals surface area contributed by atoms with Crippen LogP contribution in [0.15, 0.2) is 41.6 Å². The molecule has 0 aliphatic rings. The van der Waals surface area contributed by atoms with Crippen molar-refractivity contribution in [2.24, 2.45) is 7.05 Å². The van der Waals surface area contributed by atoms with Gasteiger partial charge in [-0.25, -0.2) is 18.8 Å². The summed E-state index contributed by atoms with van der Waals surface area (Å²) in [5, 5.41) is 10.7. The molecule has 1 aromatic carbocycles. The predicted molar refractivity (Wildman–Crippen MR) is 97.4 cm³/mol. The maximum absolute atomic E-state index is 13.3. The van der Waals surface area contributed by atoms with E-state index in [-0.39, 0.29) is 10.7 Å². The van der Waals surface area contributed by atoms with E-state index < -0.39 is 17.1 Å². The summed E-state index contributed by atoms with van der Waals surface area (Å²) < 4.78 is 16.2. The van der Waals surface area contributed by atoms with Gasteiger partial charge in [0, 0.05) is 36.9 Å². The number of fused-ring (bicyclic) bond motifs is 1. The minimum Gasteiger partial charge on any atom is -0.501 e. The van der Waals surface area contributed by atoms with Crippen LogP contribution in [0.3, 0.4) is 0 Å². The van der Waals surface area contributed by atoms with Crippen molar-refractivity contribution in [2.75, 3.05) is 0 Å². The number of aromatic hydroxyl groups is 1. The first-order valence-corrected chi connectivity index (χ1v) is 8.79. The van der Waals surface area contributed by atoms with Gasteiger partial charge in [0.2, 0.25) is 11.5 Å². The molecule has 9 heteroatoms. The van der Waals surface area contributed by atoms with Crippen molar-refractivity contribution in [3.05, 3.63) is 68.4 Å². The molecule has 132 valence electrons. The Morgan fingerprint density at radius 3 is 2.92 bits per heavy atom. The molecule has 0 aliphatic carbocycles. The summed E-state index contributed by atoms with van der Waals surface area (Å²) >= 11 is 7.11. The second-order valence-corrected chi connectivity index (χ2v) is 7.27. The van der Waals surface area contributed by atoms with Crippen molar-refractivity contribution in [3.63, 3.8) is 0 Å². The molecule has 0 saturated carbocycles. The van der Waals surface area contributed by atoms with Crippen molar-refractivity contribution in [2.45, 2.75) is 6.42 Å². The average molecular weight is 391 g/mol. The second kappa shape index (κ2) is 6.22. The van der Waals surface area contributed by atoms with Crippen LogP contribution in [0.1, 0.15) is 10.4 Å². The number of aryl methyl sites for hydroxylation is 1. The van der Waals surface area contributed by atoms with E-state index in [0.29, 0.717) is 17.2 Å². The van der Waals surface area contributed by atoms with Gasteiger partial charge in [-0.05, 0) is 17.7 Å². The molecule has 0 aliphatic heterocycles. The molecular weight excluding hydrogens is 379 g/mol. The van der Waals surface area contributed by atoms with Gasteiger partial charge in [-0.15, -0.1) is 11.3 Å². The van der Waals surface area contributed by atoms with E-state index in [4.69, 9.17) is 11.6 Å². The molecule has 0 saturated heterocycles. The summed E-state index contributed by atoms with van der Waals surface area (Å²) in [5.41, 5.74) is 0.430. The molecule has 0 unspecified atom stereocenters. The van der Waals surface area contributed by atoms with Crippen LogP contribution in [-0.4, -0.2) is 24.0 Å². The number of hydrogen-bond acceptors (Lipinski definition) is 5. The fraction of sp³-hybridized carbons (Fsp3) is 0.118. The molecule has 4 aromatic rings. The minimum atomic E-state index is -0.548. The van der Waals surface area contributed by atoms with Crippen LogP contribution in [0.4, 0.5) is 4.39 Å². The van der Waals surface area contributed by atoms with Gasteiger partial charge in [-0.1, -0.05) is 17.7 Å². The van der Waals surface area contributed by atoms with Gasteiger partial charge in [0.25, 0.3) is 0 Å². The molecule has 3 heterocycles. The Morgan fingerprint density at radius 2 is 2.15 bits per heavy atom. The first-order chi connectivity index (χ1) is 12.4. The molecule has 0 spiro atoms. The van der Waals surface area contributed by atoms with Gasteiger partial charge >= 0.3 is 5.56 Å². The minimum absolute atomic E-state index is 0.0636. The van der Waals surface area contributed by atoms with Crippen LogP contribution in [0.5, 0.6) is 5.75 Å².